The Labute approximate surface area is 157 Å². The van der Waals surface area contributed by atoms with Crippen LogP contribution in [0.3, 0.4) is 0 Å². The maximum atomic E-state index is 14.2. The van der Waals surface area contributed by atoms with Gasteiger partial charge in [0.15, 0.2) is 11.6 Å². The molecule has 0 aliphatic rings. The van der Waals surface area contributed by atoms with E-state index in [4.69, 9.17) is 9.88 Å². The van der Waals surface area contributed by atoms with Crippen LogP contribution in [0, 0.1) is 11.6 Å². The molecule has 0 unspecified atom stereocenters. The lowest BCUT2D eigenvalue weighted by Gasteiger charge is -2.10. The SMILES string of the molecule is COc1ccc(-c2cc(C(F)F)nn2-c2ccc(S(N)(=O)=O)c(F)c2)cc1F. The van der Waals surface area contributed by atoms with E-state index in [-0.39, 0.29) is 22.7 Å². The van der Waals surface area contributed by atoms with Gasteiger partial charge >= 0.3 is 0 Å². The zero-order chi connectivity index (χ0) is 20.6. The number of sulfonamides is 1. The third-order valence-electron chi connectivity index (χ3n) is 3.87. The van der Waals surface area contributed by atoms with Gasteiger partial charge in [0.1, 0.15) is 16.4 Å². The predicted molar refractivity (Wildman–Crippen MR) is 91.8 cm³/mol. The van der Waals surface area contributed by atoms with E-state index in [0.29, 0.717) is 0 Å². The van der Waals surface area contributed by atoms with Gasteiger partial charge in [-0.25, -0.2) is 35.8 Å². The average Bonchev–Trinajstić information content (AvgIpc) is 3.06. The number of methoxy groups -OCH3 is 1. The van der Waals surface area contributed by atoms with Gasteiger partial charge in [-0.15, -0.1) is 0 Å². The van der Waals surface area contributed by atoms with E-state index in [1.807, 2.05) is 0 Å². The van der Waals surface area contributed by atoms with Crippen LogP contribution in [0.1, 0.15) is 12.1 Å². The summed E-state index contributed by atoms with van der Waals surface area (Å²) >= 11 is 0. The Bertz CT molecular complexity index is 1150. The first-order chi connectivity index (χ1) is 13.1. The van der Waals surface area contributed by atoms with E-state index in [1.54, 1.807) is 0 Å². The Morgan fingerprint density at radius 2 is 1.79 bits per heavy atom. The summed E-state index contributed by atoms with van der Waals surface area (Å²) in [7, 11) is -3.03. The highest BCUT2D eigenvalue weighted by Gasteiger charge is 2.21. The number of hydrogen-bond acceptors (Lipinski definition) is 4. The van der Waals surface area contributed by atoms with Gasteiger partial charge in [0.05, 0.1) is 18.5 Å². The van der Waals surface area contributed by atoms with Crippen LogP contribution in [0.15, 0.2) is 47.4 Å². The number of halogens is 4. The van der Waals surface area contributed by atoms with Crippen LogP contribution >= 0.6 is 0 Å². The second-order valence-electron chi connectivity index (χ2n) is 5.68. The average molecular weight is 415 g/mol. The van der Waals surface area contributed by atoms with Crippen molar-refractivity contribution in [3.8, 4) is 22.7 Å². The number of rotatable bonds is 5. The van der Waals surface area contributed by atoms with Crippen LogP contribution in [0.2, 0.25) is 0 Å². The molecule has 0 fully saturated rings. The number of nitrogens with zero attached hydrogens (tertiary/aromatic N) is 2. The number of aromatic nitrogens is 2. The summed E-state index contributed by atoms with van der Waals surface area (Å²) < 4.78 is 83.0. The molecule has 3 rings (SSSR count). The molecule has 0 aliphatic heterocycles. The van der Waals surface area contributed by atoms with Gasteiger partial charge in [-0.05, 0) is 36.4 Å². The van der Waals surface area contributed by atoms with E-state index >= 15 is 0 Å². The Morgan fingerprint density at radius 3 is 2.32 bits per heavy atom. The first-order valence-electron chi connectivity index (χ1n) is 7.66. The third kappa shape index (κ3) is 3.71. The lowest BCUT2D eigenvalue weighted by Crippen LogP contribution is -2.14. The maximum absolute atomic E-state index is 14.2. The minimum atomic E-state index is -4.30. The van der Waals surface area contributed by atoms with E-state index < -0.39 is 38.7 Å². The predicted octanol–water partition coefficient (Wildman–Crippen LogP) is 3.41. The molecular weight excluding hydrogens is 402 g/mol. The molecule has 3 aromatic rings. The molecule has 6 nitrogen and oxygen atoms in total. The zero-order valence-electron chi connectivity index (χ0n) is 14.2. The quantitative estimate of drug-likeness (QED) is 0.647. The first-order valence-corrected chi connectivity index (χ1v) is 9.21. The summed E-state index contributed by atoms with van der Waals surface area (Å²) in [6, 6.07) is 7.62. The Morgan fingerprint density at radius 1 is 1.07 bits per heavy atom. The monoisotopic (exact) mass is 415 g/mol. The molecule has 0 saturated heterocycles. The number of primary sulfonamides is 1. The molecule has 0 amide bonds. The second-order valence-corrected chi connectivity index (χ2v) is 7.21. The van der Waals surface area contributed by atoms with Crippen LogP contribution in [0.25, 0.3) is 16.9 Å². The second kappa shape index (κ2) is 7.24. The fourth-order valence-corrected chi connectivity index (χ4v) is 3.17. The van der Waals surface area contributed by atoms with Crippen LogP contribution in [0.5, 0.6) is 5.75 Å². The Kier molecular flexibility index (Phi) is 5.13. The minimum absolute atomic E-state index is 0.0413. The highest BCUT2D eigenvalue weighted by atomic mass is 32.2. The van der Waals surface area contributed by atoms with Crippen molar-refractivity contribution < 1.29 is 30.7 Å². The molecule has 11 heteroatoms. The minimum Gasteiger partial charge on any atom is -0.494 e. The summed E-state index contributed by atoms with van der Waals surface area (Å²) in [6.45, 7) is 0. The van der Waals surface area contributed by atoms with E-state index in [9.17, 15) is 26.0 Å². The largest absolute Gasteiger partial charge is 0.494 e. The van der Waals surface area contributed by atoms with E-state index in [1.165, 1.54) is 19.2 Å². The van der Waals surface area contributed by atoms with Crippen LogP contribution in [-0.4, -0.2) is 25.3 Å². The van der Waals surface area contributed by atoms with Crippen molar-refractivity contribution >= 4 is 10.0 Å². The molecule has 2 aromatic carbocycles. The highest BCUT2D eigenvalue weighted by molar-refractivity contribution is 7.89. The topological polar surface area (TPSA) is 87.2 Å². The van der Waals surface area contributed by atoms with Crippen LogP contribution in [0.4, 0.5) is 17.6 Å². The molecule has 0 aliphatic carbocycles. The van der Waals surface area contributed by atoms with E-state index in [0.717, 1.165) is 35.0 Å². The molecule has 0 radical (unpaired) electrons. The van der Waals surface area contributed by atoms with Crippen molar-refractivity contribution in [1.29, 1.82) is 0 Å². The van der Waals surface area contributed by atoms with Gasteiger partial charge in [0.2, 0.25) is 10.0 Å². The number of alkyl halides is 2. The van der Waals surface area contributed by atoms with Crippen LogP contribution < -0.4 is 9.88 Å². The fourth-order valence-electron chi connectivity index (χ4n) is 2.59. The number of benzene rings is 2. The smallest absolute Gasteiger partial charge is 0.282 e. The van der Waals surface area contributed by atoms with Gasteiger partial charge in [-0.3, -0.25) is 0 Å². The lowest BCUT2D eigenvalue weighted by atomic mass is 10.1. The summed E-state index contributed by atoms with van der Waals surface area (Å²) in [6.07, 6.45) is -2.93. The Balaban J connectivity index is 2.19. The molecule has 0 bridgehead atoms. The van der Waals surface area contributed by atoms with Crippen molar-refractivity contribution in [2.75, 3.05) is 7.11 Å². The molecule has 0 spiro atoms. The van der Waals surface area contributed by atoms with Crippen molar-refractivity contribution in [3.63, 3.8) is 0 Å². The maximum Gasteiger partial charge on any atom is 0.282 e. The first kappa shape index (κ1) is 19.8. The molecule has 148 valence electrons. The highest BCUT2D eigenvalue weighted by Crippen LogP contribution is 2.31. The van der Waals surface area contributed by atoms with Gasteiger partial charge in [-0.2, -0.15) is 5.10 Å². The van der Waals surface area contributed by atoms with Crippen molar-refractivity contribution in [2.45, 2.75) is 11.3 Å². The normalized spacial score (nSPS) is 11.8. The molecule has 0 atom stereocenters. The molecule has 0 saturated carbocycles. The summed E-state index contributed by atoms with van der Waals surface area (Å²) in [5.74, 6) is -1.96. The van der Waals surface area contributed by atoms with Crippen molar-refractivity contribution in [1.82, 2.24) is 9.78 Å². The number of nitrogens with two attached hydrogens (primary N) is 1. The molecular formula is C17H13F4N3O3S. The fraction of sp³-hybridized carbons (Fsp3) is 0.118. The van der Waals surface area contributed by atoms with Crippen LogP contribution in [-0.2, 0) is 10.0 Å². The van der Waals surface area contributed by atoms with Gasteiger partial charge in [-0.1, -0.05) is 0 Å². The number of ether oxygens (including phenoxy) is 1. The standard InChI is InChI=1S/C17H13F4N3O3S/c1-27-15-4-2-9(6-11(15)18)14-8-13(17(20)21)23-24(14)10-3-5-16(12(19)7-10)28(22,25)26/h2-8,17H,1H3,(H2,22,25,26). The summed E-state index contributed by atoms with van der Waals surface area (Å²) in [5, 5.41) is 8.64. The van der Waals surface area contributed by atoms with Gasteiger partial charge < -0.3 is 4.74 Å². The van der Waals surface area contributed by atoms with E-state index in [2.05, 4.69) is 5.10 Å². The number of hydrogen-bond donors (Lipinski definition) is 1. The van der Waals surface area contributed by atoms with Crippen molar-refractivity contribution in [2.24, 2.45) is 5.14 Å². The zero-order valence-corrected chi connectivity index (χ0v) is 15.1. The molecule has 1 aromatic heterocycles. The summed E-state index contributed by atoms with van der Waals surface area (Å²) in [4.78, 5) is -0.755. The summed E-state index contributed by atoms with van der Waals surface area (Å²) in [5.41, 5.74) is -0.460. The van der Waals surface area contributed by atoms with Gasteiger partial charge in [0.25, 0.3) is 6.43 Å². The van der Waals surface area contributed by atoms with Gasteiger partial charge in [0, 0.05) is 11.6 Å². The van der Waals surface area contributed by atoms with Crippen molar-refractivity contribution in [3.05, 3.63) is 59.8 Å². The molecule has 28 heavy (non-hydrogen) atoms. The third-order valence-corrected chi connectivity index (χ3v) is 4.81. The molecule has 2 N–H and O–H groups in total. The Hall–Kier alpha value is -2.92. The lowest BCUT2D eigenvalue weighted by molar-refractivity contribution is 0.145. The molecule has 1 heterocycles.